The molecule has 1 amide bonds. The van der Waals surface area contributed by atoms with Crippen LogP contribution in [0.5, 0.6) is 0 Å². The van der Waals surface area contributed by atoms with Crippen molar-refractivity contribution in [1.29, 1.82) is 0 Å². The maximum atomic E-state index is 12.7. The molecule has 0 aliphatic carbocycles. The average molecular weight is 328 g/mol. The molecule has 0 radical (unpaired) electrons. The number of rotatable bonds is 3. The monoisotopic (exact) mass is 328 g/mol. The number of amides is 1. The number of piperidine rings is 1. The number of carbonyl (C=O) groups excluding carboxylic acids is 2. The summed E-state index contributed by atoms with van der Waals surface area (Å²) in [5.74, 6) is -0.0575. The van der Waals surface area contributed by atoms with Gasteiger partial charge in [0.2, 0.25) is 0 Å². The zero-order chi connectivity index (χ0) is 17.2. The second kappa shape index (κ2) is 6.67. The molecule has 0 bridgehead atoms. The van der Waals surface area contributed by atoms with E-state index in [0.717, 1.165) is 18.5 Å². The minimum absolute atomic E-state index is 0.0504. The third-order valence-electron chi connectivity index (χ3n) is 4.34. The summed E-state index contributed by atoms with van der Waals surface area (Å²) in [6.45, 7) is 4.98. The number of anilines is 1. The van der Waals surface area contributed by atoms with Gasteiger partial charge in [0, 0.05) is 37.3 Å². The lowest BCUT2D eigenvalue weighted by Gasteiger charge is -2.36. The van der Waals surface area contributed by atoms with Crippen LogP contribution in [0.2, 0.25) is 0 Å². The predicted molar refractivity (Wildman–Crippen MR) is 92.5 cm³/mol. The minimum atomic E-state index is -0.617. The van der Waals surface area contributed by atoms with Gasteiger partial charge in [0.15, 0.2) is 11.5 Å². The van der Waals surface area contributed by atoms with Crippen molar-refractivity contribution in [3.63, 3.8) is 0 Å². The highest BCUT2D eigenvalue weighted by Gasteiger charge is 2.34. The van der Waals surface area contributed by atoms with Gasteiger partial charge in [-0.25, -0.2) is 0 Å². The largest absolute Gasteiger partial charge is 0.481 e. The van der Waals surface area contributed by atoms with Gasteiger partial charge in [0.25, 0.3) is 5.91 Å². The molecule has 1 atom stereocenters. The van der Waals surface area contributed by atoms with Crippen LogP contribution < -0.4 is 5.32 Å². The van der Waals surface area contributed by atoms with Crippen molar-refractivity contribution in [1.82, 2.24) is 4.90 Å². The fourth-order valence-corrected chi connectivity index (χ4v) is 3.29. The fraction of sp³-hybridized carbons (Fsp3) is 0.474. The summed E-state index contributed by atoms with van der Waals surface area (Å²) in [6, 6.07) is 10.2. The van der Waals surface area contributed by atoms with Gasteiger partial charge in [-0.1, -0.05) is 18.2 Å². The average Bonchev–Trinajstić information content (AvgIpc) is 2.53. The maximum absolute atomic E-state index is 12.7. The summed E-state index contributed by atoms with van der Waals surface area (Å²) in [6.07, 6.45) is 3.60. The van der Waals surface area contributed by atoms with Crippen molar-refractivity contribution < 1.29 is 14.3 Å². The quantitative estimate of drug-likeness (QED) is 0.927. The van der Waals surface area contributed by atoms with Crippen LogP contribution in [0.15, 0.2) is 42.2 Å². The molecule has 0 saturated carbocycles. The lowest BCUT2D eigenvalue weighted by Crippen LogP contribution is -2.47. The van der Waals surface area contributed by atoms with Gasteiger partial charge >= 0.3 is 0 Å². The first-order chi connectivity index (χ1) is 11.4. The number of ketones is 1. The van der Waals surface area contributed by atoms with Crippen LogP contribution in [-0.2, 0) is 14.3 Å². The molecule has 1 saturated heterocycles. The fourth-order valence-electron chi connectivity index (χ4n) is 3.29. The van der Waals surface area contributed by atoms with Gasteiger partial charge < -0.3 is 15.0 Å². The maximum Gasteiger partial charge on any atom is 0.289 e. The number of hydrogen-bond acceptors (Lipinski definition) is 4. The van der Waals surface area contributed by atoms with Crippen LogP contribution in [0, 0.1) is 0 Å². The zero-order valence-corrected chi connectivity index (χ0v) is 14.2. The van der Waals surface area contributed by atoms with Crippen molar-refractivity contribution >= 4 is 17.4 Å². The predicted octanol–water partition coefficient (Wildman–Crippen LogP) is 2.74. The third-order valence-corrected chi connectivity index (χ3v) is 4.34. The SMILES string of the molecule is CC1(C)CC(=O)C=C(C(=O)N2CCCC(Nc3ccccc3)C2)O1. The van der Waals surface area contributed by atoms with Crippen LogP contribution in [0.3, 0.4) is 0 Å². The molecule has 1 unspecified atom stereocenters. The normalized spacial score (nSPS) is 23.2. The zero-order valence-electron chi connectivity index (χ0n) is 14.2. The molecule has 2 aliphatic rings. The smallest absolute Gasteiger partial charge is 0.289 e. The molecule has 128 valence electrons. The molecule has 1 N–H and O–H groups in total. The molecule has 1 fully saturated rings. The molecular weight excluding hydrogens is 304 g/mol. The number of carbonyl (C=O) groups is 2. The first-order valence-corrected chi connectivity index (χ1v) is 8.47. The van der Waals surface area contributed by atoms with Crippen molar-refractivity contribution in [2.24, 2.45) is 0 Å². The molecular formula is C19H24N2O3. The van der Waals surface area contributed by atoms with Gasteiger partial charge in [-0.2, -0.15) is 0 Å². The van der Waals surface area contributed by atoms with Crippen LogP contribution in [0.1, 0.15) is 33.1 Å². The van der Waals surface area contributed by atoms with Crippen molar-refractivity contribution in [2.45, 2.75) is 44.8 Å². The summed E-state index contributed by atoms with van der Waals surface area (Å²) in [5, 5.41) is 3.47. The standard InChI is InChI=1S/C19H24N2O3/c1-19(2)12-16(22)11-17(24-19)18(23)21-10-6-9-15(13-21)20-14-7-4-3-5-8-14/h3-5,7-8,11,15,20H,6,9-10,12-13H2,1-2H3. The molecule has 0 spiro atoms. The first-order valence-electron chi connectivity index (χ1n) is 8.47. The van der Waals surface area contributed by atoms with Crippen molar-refractivity contribution in [3.05, 3.63) is 42.2 Å². The number of likely N-dealkylation sites (tertiary alicyclic amines) is 1. The number of allylic oxidation sites excluding steroid dienone is 1. The van der Waals surface area contributed by atoms with E-state index >= 15 is 0 Å². The van der Waals surface area contributed by atoms with E-state index < -0.39 is 5.60 Å². The number of para-hydroxylation sites is 1. The van der Waals surface area contributed by atoms with Gasteiger partial charge in [-0.15, -0.1) is 0 Å². The highest BCUT2D eigenvalue weighted by atomic mass is 16.5. The van der Waals surface area contributed by atoms with Crippen LogP contribution in [-0.4, -0.2) is 41.3 Å². The van der Waals surface area contributed by atoms with Crippen LogP contribution >= 0.6 is 0 Å². The number of ether oxygens (including phenoxy) is 1. The number of nitrogens with zero attached hydrogens (tertiary/aromatic N) is 1. The van der Waals surface area contributed by atoms with E-state index in [2.05, 4.69) is 5.32 Å². The van der Waals surface area contributed by atoms with E-state index in [1.54, 1.807) is 4.90 Å². The van der Waals surface area contributed by atoms with E-state index in [4.69, 9.17) is 4.74 Å². The van der Waals surface area contributed by atoms with Crippen molar-refractivity contribution in [2.75, 3.05) is 18.4 Å². The molecule has 24 heavy (non-hydrogen) atoms. The Kier molecular flexibility index (Phi) is 4.60. The number of nitrogens with one attached hydrogen (secondary N) is 1. The highest BCUT2D eigenvalue weighted by molar-refractivity contribution is 6.01. The summed E-state index contributed by atoms with van der Waals surface area (Å²) >= 11 is 0. The van der Waals surface area contributed by atoms with Gasteiger partial charge in [-0.3, -0.25) is 9.59 Å². The number of hydrogen-bond donors (Lipinski definition) is 1. The summed E-state index contributed by atoms with van der Waals surface area (Å²) in [5.41, 5.74) is 0.440. The lowest BCUT2D eigenvalue weighted by molar-refractivity contribution is -0.138. The Labute approximate surface area is 142 Å². The summed E-state index contributed by atoms with van der Waals surface area (Å²) < 4.78 is 5.74. The van der Waals surface area contributed by atoms with Gasteiger partial charge in [0.05, 0.1) is 0 Å². The Morgan fingerprint density at radius 1 is 1.29 bits per heavy atom. The summed E-state index contributed by atoms with van der Waals surface area (Å²) in [4.78, 5) is 26.4. The summed E-state index contributed by atoms with van der Waals surface area (Å²) in [7, 11) is 0. The minimum Gasteiger partial charge on any atom is -0.481 e. The molecule has 5 heteroatoms. The van der Waals surface area contributed by atoms with Gasteiger partial charge in [-0.05, 0) is 38.8 Å². The molecule has 3 rings (SSSR count). The second-order valence-corrected chi connectivity index (χ2v) is 7.11. The molecule has 2 heterocycles. The van der Waals surface area contributed by atoms with Crippen LogP contribution in [0.4, 0.5) is 5.69 Å². The Balaban J connectivity index is 1.66. The van der Waals surface area contributed by atoms with E-state index in [9.17, 15) is 9.59 Å². The Bertz CT molecular complexity index is 652. The van der Waals surface area contributed by atoms with Gasteiger partial charge in [0.1, 0.15) is 5.60 Å². The Hall–Kier alpha value is -2.30. The number of benzene rings is 1. The molecule has 1 aromatic rings. The second-order valence-electron chi connectivity index (χ2n) is 7.11. The van der Waals surface area contributed by atoms with E-state index in [1.165, 1.54) is 6.08 Å². The van der Waals surface area contributed by atoms with E-state index in [-0.39, 0.29) is 23.5 Å². The molecule has 2 aliphatic heterocycles. The Morgan fingerprint density at radius 3 is 2.75 bits per heavy atom. The van der Waals surface area contributed by atoms with E-state index in [1.807, 2.05) is 44.2 Å². The third kappa shape index (κ3) is 3.96. The first kappa shape index (κ1) is 16.6. The lowest BCUT2D eigenvalue weighted by atomic mass is 9.98. The van der Waals surface area contributed by atoms with E-state index in [0.29, 0.717) is 19.5 Å². The topological polar surface area (TPSA) is 58.6 Å². The van der Waals surface area contributed by atoms with Crippen LogP contribution in [0.25, 0.3) is 0 Å². The molecule has 0 aromatic heterocycles. The molecule has 1 aromatic carbocycles. The highest BCUT2D eigenvalue weighted by Crippen LogP contribution is 2.27. The van der Waals surface area contributed by atoms with Crippen molar-refractivity contribution in [3.8, 4) is 0 Å². The Morgan fingerprint density at radius 2 is 2.04 bits per heavy atom. The molecule has 5 nitrogen and oxygen atoms in total.